The molecule has 1 amide bonds. The van der Waals surface area contributed by atoms with Gasteiger partial charge in [-0.2, -0.15) is 0 Å². The van der Waals surface area contributed by atoms with Gasteiger partial charge in [0.25, 0.3) is 5.91 Å². The molecule has 3 rings (SSSR count). The van der Waals surface area contributed by atoms with Crippen molar-refractivity contribution in [2.24, 2.45) is 0 Å². The van der Waals surface area contributed by atoms with E-state index >= 15 is 0 Å². The molecule has 2 heterocycles. The third-order valence-electron chi connectivity index (χ3n) is 3.64. The van der Waals surface area contributed by atoms with Gasteiger partial charge < -0.3 is 11.1 Å². The molecule has 0 saturated heterocycles. The summed E-state index contributed by atoms with van der Waals surface area (Å²) < 4.78 is 0. The summed E-state index contributed by atoms with van der Waals surface area (Å²) in [7, 11) is 0. The lowest BCUT2D eigenvalue weighted by Gasteiger charge is -2.14. The average Bonchev–Trinajstić information content (AvgIpc) is 2.66. The highest BCUT2D eigenvalue weighted by atomic mass is 35.5. The monoisotopic (exact) mass is 369 g/mol. The maximum absolute atomic E-state index is 12.1. The molecule has 8 nitrogen and oxygen atoms in total. The van der Waals surface area contributed by atoms with E-state index in [4.69, 9.17) is 17.3 Å². The van der Waals surface area contributed by atoms with Gasteiger partial charge in [-0.15, -0.1) is 0 Å². The van der Waals surface area contributed by atoms with Crippen molar-refractivity contribution in [2.75, 3.05) is 16.5 Å². The van der Waals surface area contributed by atoms with Crippen LogP contribution in [-0.4, -0.2) is 20.9 Å². The first-order valence-corrected chi connectivity index (χ1v) is 8.03. The number of halogens is 1. The normalized spacial score (nSPS) is 10.2. The number of amides is 1. The van der Waals surface area contributed by atoms with Crippen LogP contribution < -0.4 is 21.9 Å². The summed E-state index contributed by atoms with van der Waals surface area (Å²) in [6, 6.07) is 8.67. The zero-order valence-electron chi connectivity index (χ0n) is 13.8. The quantitative estimate of drug-likeness (QED) is 0.510. The molecule has 0 spiro atoms. The van der Waals surface area contributed by atoms with Crippen LogP contribution in [-0.2, 0) is 0 Å². The molecule has 0 aliphatic heterocycles. The summed E-state index contributed by atoms with van der Waals surface area (Å²) in [5.74, 6) is 0.321. The Kier molecular flexibility index (Phi) is 5.14. The lowest BCUT2D eigenvalue weighted by molar-refractivity contribution is 0.0962. The van der Waals surface area contributed by atoms with E-state index in [1.54, 1.807) is 18.2 Å². The number of rotatable bonds is 5. The molecule has 0 radical (unpaired) electrons. The first kappa shape index (κ1) is 17.4. The molecule has 132 valence electrons. The van der Waals surface area contributed by atoms with Crippen LogP contribution in [0.4, 0.5) is 23.0 Å². The van der Waals surface area contributed by atoms with E-state index in [0.29, 0.717) is 16.4 Å². The van der Waals surface area contributed by atoms with Crippen LogP contribution in [0.15, 0.2) is 49.1 Å². The first-order chi connectivity index (χ1) is 12.6. The third-order valence-corrected chi connectivity index (χ3v) is 4.05. The second kappa shape index (κ2) is 7.66. The highest BCUT2D eigenvalue weighted by Crippen LogP contribution is 2.29. The number of carbonyl (C=O) groups is 1. The van der Waals surface area contributed by atoms with Gasteiger partial charge >= 0.3 is 0 Å². The molecule has 2 aromatic heterocycles. The molecule has 26 heavy (non-hydrogen) atoms. The van der Waals surface area contributed by atoms with Crippen molar-refractivity contribution in [1.29, 1.82) is 0 Å². The van der Waals surface area contributed by atoms with Crippen LogP contribution in [0.2, 0.25) is 5.02 Å². The second-order valence-corrected chi connectivity index (χ2v) is 5.74. The highest BCUT2D eigenvalue weighted by Gasteiger charge is 2.11. The number of hydrogen-bond donors (Lipinski definition) is 4. The minimum Gasteiger partial charge on any atom is -0.393 e. The Balaban J connectivity index is 1.75. The molecule has 0 aliphatic carbocycles. The Morgan fingerprint density at radius 1 is 1.12 bits per heavy atom. The van der Waals surface area contributed by atoms with Gasteiger partial charge in [0, 0.05) is 28.7 Å². The number of hydrogen-bond acceptors (Lipinski definition) is 7. The Morgan fingerprint density at radius 3 is 2.62 bits per heavy atom. The van der Waals surface area contributed by atoms with Crippen LogP contribution >= 0.6 is 11.6 Å². The van der Waals surface area contributed by atoms with Crippen molar-refractivity contribution >= 4 is 40.5 Å². The number of aromatic nitrogens is 3. The van der Waals surface area contributed by atoms with Gasteiger partial charge in [-0.25, -0.2) is 9.97 Å². The zero-order chi connectivity index (χ0) is 18.5. The van der Waals surface area contributed by atoms with E-state index in [9.17, 15) is 4.79 Å². The summed E-state index contributed by atoms with van der Waals surface area (Å²) in [6.45, 7) is 1.89. The fourth-order valence-electron chi connectivity index (χ4n) is 2.16. The van der Waals surface area contributed by atoms with Gasteiger partial charge in [0.05, 0.1) is 0 Å². The van der Waals surface area contributed by atoms with E-state index in [0.717, 1.165) is 11.3 Å². The summed E-state index contributed by atoms with van der Waals surface area (Å²) in [4.78, 5) is 24.1. The van der Waals surface area contributed by atoms with Gasteiger partial charge in [-0.3, -0.25) is 20.6 Å². The van der Waals surface area contributed by atoms with Crippen molar-refractivity contribution in [3.8, 4) is 0 Å². The van der Waals surface area contributed by atoms with Crippen LogP contribution in [0.5, 0.6) is 0 Å². The second-order valence-electron chi connectivity index (χ2n) is 5.34. The molecule has 0 atom stereocenters. The minimum absolute atomic E-state index is 0.252. The third kappa shape index (κ3) is 3.81. The molecular weight excluding hydrogens is 354 g/mol. The fraction of sp³-hybridized carbons (Fsp3) is 0.0588. The van der Waals surface area contributed by atoms with Gasteiger partial charge in [0.2, 0.25) is 0 Å². The van der Waals surface area contributed by atoms with E-state index in [1.807, 2.05) is 19.1 Å². The van der Waals surface area contributed by atoms with E-state index < -0.39 is 0 Å². The zero-order valence-corrected chi connectivity index (χ0v) is 14.6. The Morgan fingerprint density at radius 2 is 1.85 bits per heavy atom. The van der Waals surface area contributed by atoms with Gasteiger partial charge in [-0.1, -0.05) is 17.7 Å². The minimum atomic E-state index is -0.342. The number of anilines is 4. The molecule has 0 aliphatic rings. The van der Waals surface area contributed by atoms with E-state index in [2.05, 4.69) is 31.1 Å². The van der Waals surface area contributed by atoms with Crippen molar-refractivity contribution in [3.05, 3.63) is 65.2 Å². The Hall–Kier alpha value is -3.39. The lowest BCUT2D eigenvalue weighted by Crippen LogP contribution is -2.30. The molecule has 0 unspecified atom stereocenters. The standard InChI is InChI=1S/C17H16ClN7O/c1-10-12(18)3-2-4-13(10)23-15-14(19)16(22-9-21-15)24-25-17(26)11-5-7-20-8-6-11/h2-9H,19H2,1H3,(H,25,26)(H2,21,22,23,24). The number of pyridine rings is 1. The molecule has 0 bridgehead atoms. The topological polar surface area (TPSA) is 118 Å². The molecule has 0 fully saturated rings. The largest absolute Gasteiger partial charge is 0.393 e. The lowest BCUT2D eigenvalue weighted by atomic mass is 10.2. The first-order valence-electron chi connectivity index (χ1n) is 7.65. The number of benzene rings is 1. The van der Waals surface area contributed by atoms with Crippen molar-refractivity contribution in [2.45, 2.75) is 6.92 Å². The number of nitrogens with one attached hydrogen (secondary N) is 3. The maximum atomic E-state index is 12.1. The molecule has 1 aromatic carbocycles. The molecular formula is C17H16ClN7O. The predicted molar refractivity (Wildman–Crippen MR) is 101 cm³/mol. The van der Waals surface area contributed by atoms with Crippen LogP contribution in [0.1, 0.15) is 15.9 Å². The number of nitrogen functional groups attached to an aromatic ring is 1. The smallest absolute Gasteiger partial charge is 0.269 e. The summed E-state index contributed by atoms with van der Waals surface area (Å²) in [5.41, 5.74) is 13.7. The van der Waals surface area contributed by atoms with Gasteiger partial charge in [0.15, 0.2) is 11.6 Å². The Bertz CT molecular complexity index is 934. The number of carbonyl (C=O) groups excluding carboxylic acids is 1. The number of nitrogens with zero attached hydrogens (tertiary/aromatic N) is 3. The summed E-state index contributed by atoms with van der Waals surface area (Å²) in [5, 5.41) is 3.75. The van der Waals surface area contributed by atoms with Crippen molar-refractivity contribution in [1.82, 2.24) is 20.4 Å². The number of hydrazine groups is 1. The van der Waals surface area contributed by atoms with Crippen LogP contribution in [0, 0.1) is 6.92 Å². The summed E-state index contributed by atoms with van der Waals surface area (Å²) in [6.07, 6.45) is 4.39. The molecule has 5 N–H and O–H groups in total. The SMILES string of the molecule is Cc1c(Cl)cccc1Nc1ncnc(NNC(=O)c2ccncc2)c1N. The Labute approximate surface area is 154 Å². The molecule has 9 heteroatoms. The van der Waals surface area contributed by atoms with E-state index in [1.165, 1.54) is 18.7 Å². The number of nitrogens with two attached hydrogens (primary N) is 1. The fourth-order valence-corrected chi connectivity index (χ4v) is 2.33. The summed E-state index contributed by atoms with van der Waals surface area (Å²) >= 11 is 6.13. The average molecular weight is 370 g/mol. The molecule has 0 saturated carbocycles. The predicted octanol–water partition coefficient (Wildman–Crippen LogP) is 2.92. The van der Waals surface area contributed by atoms with Crippen LogP contribution in [0.25, 0.3) is 0 Å². The maximum Gasteiger partial charge on any atom is 0.269 e. The van der Waals surface area contributed by atoms with Crippen molar-refractivity contribution in [3.63, 3.8) is 0 Å². The molecule has 3 aromatic rings. The van der Waals surface area contributed by atoms with Gasteiger partial charge in [0.1, 0.15) is 12.0 Å². The highest BCUT2D eigenvalue weighted by molar-refractivity contribution is 6.31. The van der Waals surface area contributed by atoms with E-state index in [-0.39, 0.29) is 17.4 Å². The van der Waals surface area contributed by atoms with Crippen LogP contribution in [0.3, 0.4) is 0 Å². The van der Waals surface area contributed by atoms with Gasteiger partial charge in [-0.05, 0) is 36.8 Å². The van der Waals surface area contributed by atoms with Crippen molar-refractivity contribution < 1.29 is 4.79 Å².